The number of piperidine rings is 1. The molecule has 2 heterocycles. The van der Waals surface area contributed by atoms with Gasteiger partial charge in [-0.05, 0) is 50.1 Å². The highest BCUT2D eigenvalue weighted by molar-refractivity contribution is 5.85. The van der Waals surface area contributed by atoms with E-state index >= 15 is 0 Å². The van der Waals surface area contributed by atoms with Crippen molar-refractivity contribution in [3.05, 3.63) is 29.3 Å². The van der Waals surface area contributed by atoms with Crippen molar-refractivity contribution < 1.29 is 13.2 Å². The summed E-state index contributed by atoms with van der Waals surface area (Å²) >= 11 is 0. The van der Waals surface area contributed by atoms with Crippen molar-refractivity contribution in [2.75, 3.05) is 29.9 Å². The van der Waals surface area contributed by atoms with Crippen LogP contribution < -0.4 is 22.1 Å². The summed E-state index contributed by atoms with van der Waals surface area (Å²) in [5.74, 6) is 0.654. The predicted octanol–water partition coefficient (Wildman–Crippen LogP) is 2.80. The van der Waals surface area contributed by atoms with Crippen LogP contribution >= 0.6 is 0 Å². The fourth-order valence-electron chi connectivity index (χ4n) is 3.03. The van der Waals surface area contributed by atoms with Crippen LogP contribution in [0.15, 0.2) is 18.2 Å². The van der Waals surface area contributed by atoms with Crippen molar-refractivity contribution in [3.8, 4) is 11.3 Å². The zero-order chi connectivity index (χ0) is 18.9. The maximum Gasteiger partial charge on any atom is 0.418 e. The molecule has 0 aliphatic carbocycles. The van der Waals surface area contributed by atoms with E-state index < -0.39 is 17.4 Å². The number of hydrogen-bond donors (Lipinski definition) is 4. The van der Waals surface area contributed by atoms with Crippen LogP contribution in [0, 0.1) is 6.92 Å². The average molecular weight is 366 g/mol. The molecule has 2 aromatic rings. The zero-order valence-corrected chi connectivity index (χ0v) is 14.3. The average Bonchev–Trinajstić information content (AvgIpc) is 2.59. The molecule has 26 heavy (non-hydrogen) atoms. The van der Waals surface area contributed by atoms with Gasteiger partial charge in [-0.3, -0.25) is 0 Å². The van der Waals surface area contributed by atoms with Crippen LogP contribution in [-0.2, 0) is 6.18 Å². The summed E-state index contributed by atoms with van der Waals surface area (Å²) in [5, 5.41) is 15.0. The number of benzene rings is 1. The van der Waals surface area contributed by atoms with E-state index in [2.05, 4.69) is 20.8 Å². The summed E-state index contributed by atoms with van der Waals surface area (Å²) < 4.78 is 38.8. The quantitative estimate of drug-likeness (QED) is 0.623. The van der Waals surface area contributed by atoms with Crippen LogP contribution in [0.3, 0.4) is 0 Å². The molecule has 6 N–H and O–H groups in total. The van der Waals surface area contributed by atoms with Gasteiger partial charge in [0.1, 0.15) is 0 Å². The lowest BCUT2D eigenvalue weighted by atomic mass is 10.0. The highest BCUT2D eigenvalue weighted by atomic mass is 19.4. The minimum atomic E-state index is -4.56. The highest BCUT2D eigenvalue weighted by Gasteiger charge is 2.34. The molecule has 0 radical (unpaired) electrons. The van der Waals surface area contributed by atoms with Gasteiger partial charge in [0.05, 0.1) is 22.6 Å². The SMILES string of the molecule is Cc1cc(-c2ccc(C(F)(F)F)c(N)c2N)nnc1NC1CCCNC1. The van der Waals surface area contributed by atoms with Gasteiger partial charge in [-0.1, -0.05) is 0 Å². The lowest BCUT2D eigenvalue weighted by Gasteiger charge is -2.24. The molecular weight excluding hydrogens is 345 g/mol. The number of anilines is 3. The van der Waals surface area contributed by atoms with E-state index in [-0.39, 0.29) is 11.7 Å². The second-order valence-corrected chi connectivity index (χ2v) is 6.43. The Bertz CT molecular complexity index is 800. The number of hydrogen-bond acceptors (Lipinski definition) is 6. The highest BCUT2D eigenvalue weighted by Crippen LogP contribution is 2.40. The number of nitrogen functional groups attached to an aromatic ring is 2. The molecule has 6 nitrogen and oxygen atoms in total. The lowest BCUT2D eigenvalue weighted by Crippen LogP contribution is -2.38. The first-order chi connectivity index (χ1) is 12.3. The molecule has 0 amide bonds. The number of halogens is 3. The Balaban J connectivity index is 1.88. The summed E-state index contributed by atoms with van der Waals surface area (Å²) in [5.41, 5.74) is 11.4. The Morgan fingerprint density at radius 3 is 2.58 bits per heavy atom. The number of nitrogens with zero attached hydrogens (tertiary/aromatic N) is 2. The molecule has 140 valence electrons. The first kappa shape index (κ1) is 18.2. The molecular formula is C17H21F3N6. The number of nitrogens with one attached hydrogen (secondary N) is 2. The lowest BCUT2D eigenvalue weighted by molar-refractivity contribution is -0.136. The van der Waals surface area contributed by atoms with Gasteiger partial charge in [0.2, 0.25) is 0 Å². The van der Waals surface area contributed by atoms with Crippen molar-refractivity contribution >= 4 is 17.2 Å². The van der Waals surface area contributed by atoms with Crippen molar-refractivity contribution in [1.29, 1.82) is 0 Å². The third kappa shape index (κ3) is 3.67. The van der Waals surface area contributed by atoms with Gasteiger partial charge >= 0.3 is 6.18 Å². The molecule has 3 rings (SSSR count). The molecule has 1 fully saturated rings. The van der Waals surface area contributed by atoms with Crippen molar-refractivity contribution in [2.45, 2.75) is 32.0 Å². The molecule has 1 unspecified atom stereocenters. The van der Waals surface area contributed by atoms with E-state index in [9.17, 15) is 13.2 Å². The van der Waals surface area contributed by atoms with E-state index in [4.69, 9.17) is 11.5 Å². The van der Waals surface area contributed by atoms with Crippen LogP contribution in [0.4, 0.5) is 30.4 Å². The Hall–Kier alpha value is -2.55. The van der Waals surface area contributed by atoms with Gasteiger partial charge in [-0.15, -0.1) is 10.2 Å². The molecule has 1 atom stereocenters. The maximum atomic E-state index is 12.9. The van der Waals surface area contributed by atoms with Crippen molar-refractivity contribution in [3.63, 3.8) is 0 Å². The molecule has 1 aliphatic rings. The Kier molecular flexibility index (Phi) is 4.90. The van der Waals surface area contributed by atoms with Crippen molar-refractivity contribution in [1.82, 2.24) is 15.5 Å². The Labute approximate surface area is 149 Å². The minimum absolute atomic E-state index is 0.147. The van der Waals surface area contributed by atoms with E-state index in [0.29, 0.717) is 17.1 Å². The summed E-state index contributed by atoms with van der Waals surface area (Å²) in [6.45, 7) is 3.72. The molecule has 9 heteroatoms. The van der Waals surface area contributed by atoms with Gasteiger partial charge in [0.15, 0.2) is 5.82 Å². The topological polar surface area (TPSA) is 102 Å². The Morgan fingerprint density at radius 2 is 1.96 bits per heavy atom. The van der Waals surface area contributed by atoms with Crippen molar-refractivity contribution in [2.24, 2.45) is 0 Å². The second-order valence-electron chi connectivity index (χ2n) is 6.43. The number of nitrogens with two attached hydrogens (primary N) is 2. The largest absolute Gasteiger partial charge is 0.418 e. The molecule has 1 aromatic heterocycles. The van der Waals surface area contributed by atoms with Gasteiger partial charge < -0.3 is 22.1 Å². The Morgan fingerprint density at radius 1 is 1.19 bits per heavy atom. The first-order valence-electron chi connectivity index (χ1n) is 8.34. The minimum Gasteiger partial charge on any atom is -0.397 e. The summed E-state index contributed by atoms with van der Waals surface area (Å²) in [7, 11) is 0. The monoisotopic (exact) mass is 366 g/mol. The van der Waals surface area contributed by atoms with Crippen LogP contribution in [0.25, 0.3) is 11.3 Å². The van der Waals surface area contributed by atoms with Crippen LogP contribution in [0.5, 0.6) is 0 Å². The third-order valence-electron chi connectivity index (χ3n) is 4.49. The number of alkyl halides is 3. The summed E-state index contributed by atoms with van der Waals surface area (Å²) in [6.07, 6.45) is -2.43. The van der Waals surface area contributed by atoms with E-state index in [1.165, 1.54) is 6.07 Å². The van der Waals surface area contributed by atoms with E-state index in [0.717, 1.165) is 37.6 Å². The molecule has 0 spiro atoms. The van der Waals surface area contributed by atoms with Crippen LogP contribution in [0.2, 0.25) is 0 Å². The second kappa shape index (κ2) is 6.99. The predicted molar refractivity (Wildman–Crippen MR) is 95.5 cm³/mol. The molecule has 1 aliphatic heterocycles. The molecule has 1 saturated heterocycles. The molecule has 1 aromatic carbocycles. The fraction of sp³-hybridized carbons (Fsp3) is 0.412. The number of aryl methyl sites for hydroxylation is 1. The normalized spacial score (nSPS) is 17.9. The summed E-state index contributed by atoms with van der Waals surface area (Å²) in [6, 6.07) is 4.20. The third-order valence-corrected chi connectivity index (χ3v) is 4.49. The van der Waals surface area contributed by atoms with Gasteiger partial charge in [-0.25, -0.2) is 0 Å². The maximum absolute atomic E-state index is 12.9. The number of aromatic nitrogens is 2. The van der Waals surface area contributed by atoms with Crippen LogP contribution in [-0.4, -0.2) is 29.3 Å². The smallest absolute Gasteiger partial charge is 0.397 e. The molecule has 0 bridgehead atoms. The van der Waals surface area contributed by atoms with Gasteiger partial charge in [-0.2, -0.15) is 13.2 Å². The van der Waals surface area contributed by atoms with Crippen LogP contribution in [0.1, 0.15) is 24.0 Å². The molecule has 0 saturated carbocycles. The standard InChI is InChI=1S/C17H21F3N6/c1-9-7-13(25-26-16(9)24-10-3-2-6-23-8-10)11-4-5-12(17(18,19)20)15(22)14(11)21/h4-5,7,10,23H,2-3,6,8,21-22H2,1H3,(H,24,26). The first-order valence-corrected chi connectivity index (χ1v) is 8.34. The number of rotatable bonds is 3. The fourth-order valence-corrected chi connectivity index (χ4v) is 3.03. The van der Waals surface area contributed by atoms with E-state index in [1.807, 2.05) is 6.92 Å². The van der Waals surface area contributed by atoms with Gasteiger partial charge in [0.25, 0.3) is 0 Å². The summed E-state index contributed by atoms with van der Waals surface area (Å²) in [4.78, 5) is 0. The zero-order valence-electron chi connectivity index (χ0n) is 14.3. The van der Waals surface area contributed by atoms with Gasteiger partial charge in [0, 0.05) is 18.2 Å². The van der Waals surface area contributed by atoms with E-state index in [1.54, 1.807) is 6.07 Å².